The van der Waals surface area contributed by atoms with Gasteiger partial charge >= 0.3 is 0 Å². The van der Waals surface area contributed by atoms with Crippen molar-refractivity contribution in [2.24, 2.45) is 5.11 Å². The number of amides is 1. The summed E-state index contributed by atoms with van der Waals surface area (Å²) in [6.45, 7) is 1.66. The fraction of sp³-hybridized carbons (Fsp3) is 0.364. The maximum Gasteiger partial charge on any atom is 0.221 e. The van der Waals surface area contributed by atoms with Crippen LogP contribution in [0.2, 0.25) is 0 Å². The van der Waals surface area contributed by atoms with E-state index in [2.05, 4.69) is 15.3 Å². The SMILES string of the molecule is CC(=O)Nc1cccc(C(O)CCN=[N+]=[N-])c1. The zero-order valence-electron chi connectivity index (χ0n) is 9.50. The summed E-state index contributed by atoms with van der Waals surface area (Å²) in [6.07, 6.45) is -0.345. The Morgan fingerprint density at radius 1 is 1.65 bits per heavy atom. The molecule has 1 atom stereocenters. The predicted molar refractivity (Wildman–Crippen MR) is 64.3 cm³/mol. The fourth-order valence-corrected chi connectivity index (χ4v) is 1.42. The van der Waals surface area contributed by atoms with Gasteiger partial charge in [-0.2, -0.15) is 0 Å². The van der Waals surface area contributed by atoms with Crippen molar-refractivity contribution >= 4 is 11.6 Å². The normalized spacial score (nSPS) is 11.4. The average Bonchev–Trinajstić information content (AvgIpc) is 2.28. The molecule has 6 nitrogen and oxygen atoms in total. The molecule has 0 spiro atoms. The molecule has 0 aliphatic carbocycles. The molecule has 0 aromatic heterocycles. The third-order valence-corrected chi connectivity index (χ3v) is 2.16. The van der Waals surface area contributed by atoms with Crippen LogP contribution in [0.1, 0.15) is 25.0 Å². The van der Waals surface area contributed by atoms with Crippen molar-refractivity contribution in [3.8, 4) is 0 Å². The van der Waals surface area contributed by atoms with Gasteiger partial charge in [-0.3, -0.25) is 4.79 Å². The van der Waals surface area contributed by atoms with Gasteiger partial charge in [0.25, 0.3) is 0 Å². The summed E-state index contributed by atoms with van der Waals surface area (Å²) in [5.74, 6) is -0.161. The number of aliphatic hydroxyl groups is 1. The average molecular weight is 234 g/mol. The summed E-state index contributed by atoms with van der Waals surface area (Å²) in [6, 6.07) is 6.94. The van der Waals surface area contributed by atoms with Crippen molar-refractivity contribution in [1.29, 1.82) is 0 Å². The second-order valence-electron chi connectivity index (χ2n) is 3.57. The van der Waals surface area contributed by atoms with Gasteiger partial charge in [0.05, 0.1) is 6.10 Å². The van der Waals surface area contributed by atoms with Crippen molar-refractivity contribution in [3.63, 3.8) is 0 Å². The third kappa shape index (κ3) is 4.55. The molecule has 0 saturated carbocycles. The van der Waals surface area contributed by atoms with Crippen LogP contribution in [0.4, 0.5) is 5.69 Å². The second-order valence-corrected chi connectivity index (χ2v) is 3.57. The van der Waals surface area contributed by atoms with Crippen LogP contribution in [0.5, 0.6) is 0 Å². The molecule has 0 aliphatic heterocycles. The molecule has 1 rings (SSSR count). The quantitative estimate of drug-likeness (QED) is 0.464. The minimum Gasteiger partial charge on any atom is -0.388 e. The van der Waals surface area contributed by atoms with Gasteiger partial charge in [-0.1, -0.05) is 17.2 Å². The minimum absolute atomic E-state index is 0.161. The Balaban J connectivity index is 2.69. The van der Waals surface area contributed by atoms with E-state index in [0.717, 1.165) is 0 Å². The van der Waals surface area contributed by atoms with E-state index in [1.807, 2.05) is 0 Å². The van der Waals surface area contributed by atoms with E-state index in [-0.39, 0.29) is 12.5 Å². The van der Waals surface area contributed by atoms with Gasteiger partial charge < -0.3 is 10.4 Å². The van der Waals surface area contributed by atoms with Crippen LogP contribution < -0.4 is 5.32 Å². The Kier molecular flexibility index (Phi) is 5.00. The summed E-state index contributed by atoms with van der Waals surface area (Å²) in [4.78, 5) is 13.5. The van der Waals surface area contributed by atoms with E-state index in [4.69, 9.17) is 5.53 Å². The number of nitrogens with zero attached hydrogens (tertiary/aromatic N) is 3. The number of azide groups is 1. The van der Waals surface area contributed by atoms with Crippen LogP contribution in [0.15, 0.2) is 29.4 Å². The lowest BCUT2D eigenvalue weighted by atomic mass is 10.1. The summed E-state index contributed by atoms with van der Waals surface area (Å²) in [5, 5.41) is 15.8. The zero-order valence-corrected chi connectivity index (χ0v) is 9.50. The lowest BCUT2D eigenvalue weighted by Gasteiger charge is -2.11. The monoisotopic (exact) mass is 234 g/mol. The Labute approximate surface area is 98.9 Å². The first-order valence-electron chi connectivity index (χ1n) is 5.20. The number of carbonyl (C=O) groups excluding carboxylic acids is 1. The highest BCUT2D eigenvalue weighted by molar-refractivity contribution is 5.88. The van der Waals surface area contributed by atoms with E-state index in [9.17, 15) is 9.90 Å². The smallest absolute Gasteiger partial charge is 0.221 e. The van der Waals surface area contributed by atoms with Gasteiger partial charge in [-0.15, -0.1) is 0 Å². The Morgan fingerprint density at radius 2 is 2.41 bits per heavy atom. The summed E-state index contributed by atoms with van der Waals surface area (Å²) < 4.78 is 0. The van der Waals surface area contributed by atoms with E-state index >= 15 is 0 Å². The Hall–Kier alpha value is -2.04. The first-order chi connectivity index (χ1) is 8.13. The van der Waals surface area contributed by atoms with E-state index in [1.165, 1.54) is 6.92 Å². The van der Waals surface area contributed by atoms with E-state index < -0.39 is 6.10 Å². The largest absolute Gasteiger partial charge is 0.388 e. The molecule has 0 heterocycles. The van der Waals surface area contributed by atoms with Gasteiger partial charge in [0.2, 0.25) is 5.91 Å². The number of rotatable bonds is 5. The van der Waals surface area contributed by atoms with Crippen LogP contribution >= 0.6 is 0 Å². The van der Waals surface area contributed by atoms with Crippen LogP contribution in [0.25, 0.3) is 10.4 Å². The molecule has 0 aliphatic rings. The van der Waals surface area contributed by atoms with Crippen LogP contribution in [-0.4, -0.2) is 17.6 Å². The van der Waals surface area contributed by atoms with Crippen LogP contribution in [-0.2, 0) is 4.79 Å². The summed E-state index contributed by atoms with van der Waals surface area (Å²) in [7, 11) is 0. The van der Waals surface area contributed by atoms with Crippen molar-refractivity contribution in [2.75, 3.05) is 11.9 Å². The maximum absolute atomic E-state index is 10.9. The highest BCUT2D eigenvalue weighted by Gasteiger charge is 2.07. The third-order valence-electron chi connectivity index (χ3n) is 2.16. The molecule has 90 valence electrons. The Bertz CT molecular complexity index is 441. The van der Waals surface area contributed by atoms with Crippen molar-refractivity contribution in [1.82, 2.24) is 0 Å². The molecule has 0 fully saturated rings. The second kappa shape index (κ2) is 6.52. The molecule has 0 saturated heterocycles. The van der Waals surface area contributed by atoms with Crippen molar-refractivity contribution < 1.29 is 9.90 Å². The molecular formula is C11H14N4O2. The fourth-order valence-electron chi connectivity index (χ4n) is 1.42. The minimum atomic E-state index is -0.700. The lowest BCUT2D eigenvalue weighted by Crippen LogP contribution is -2.07. The van der Waals surface area contributed by atoms with Crippen LogP contribution in [0.3, 0.4) is 0 Å². The molecule has 17 heavy (non-hydrogen) atoms. The molecule has 1 aromatic rings. The highest BCUT2D eigenvalue weighted by Crippen LogP contribution is 2.20. The first kappa shape index (κ1) is 13.0. The Morgan fingerprint density at radius 3 is 3.06 bits per heavy atom. The molecule has 1 unspecified atom stereocenters. The van der Waals surface area contributed by atoms with Gasteiger partial charge in [-0.25, -0.2) is 0 Å². The molecular weight excluding hydrogens is 220 g/mol. The van der Waals surface area contributed by atoms with Crippen molar-refractivity contribution in [2.45, 2.75) is 19.4 Å². The standard InChI is InChI=1S/C11H14N4O2/c1-8(16)14-10-4-2-3-9(7-10)11(17)5-6-13-15-12/h2-4,7,11,17H,5-6H2,1H3,(H,14,16). The van der Waals surface area contributed by atoms with E-state index in [0.29, 0.717) is 17.7 Å². The number of anilines is 1. The molecule has 1 aromatic carbocycles. The summed E-state index contributed by atoms with van der Waals surface area (Å²) in [5.41, 5.74) is 9.44. The van der Waals surface area contributed by atoms with E-state index in [1.54, 1.807) is 24.3 Å². The van der Waals surface area contributed by atoms with Gasteiger partial charge in [-0.05, 0) is 29.6 Å². The van der Waals surface area contributed by atoms with Crippen molar-refractivity contribution in [3.05, 3.63) is 40.3 Å². The molecule has 2 N–H and O–H groups in total. The van der Waals surface area contributed by atoms with Crippen LogP contribution in [0, 0.1) is 0 Å². The number of benzene rings is 1. The number of hydrogen-bond donors (Lipinski definition) is 2. The number of aliphatic hydroxyl groups excluding tert-OH is 1. The molecule has 6 heteroatoms. The van der Waals surface area contributed by atoms with Gasteiger partial charge in [0, 0.05) is 24.1 Å². The molecule has 0 bridgehead atoms. The zero-order chi connectivity index (χ0) is 12.7. The lowest BCUT2D eigenvalue weighted by molar-refractivity contribution is -0.114. The molecule has 1 amide bonds. The highest BCUT2D eigenvalue weighted by atomic mass is 16.3. The molecule has 0 radical (unpaired) electrons. The number of nitrogens with one attached hydrogen (secondary N) is 1. The number of carbonyl (C=O) groups is 1. The first-order valence-corrected chi connectivity index (χ1v) is 5.20. The van der Waals surface area contributed by atoms with Gasteiger partial charge in [0.15, 0.2) is 0 Å². The topological polar surface area (TPSA) is 98.1 Å². The maximum atomic E-state index is 10.9. The summed E-state index contributed by atoms with van der Waals surface area (Å²) >= 11 is 0. The predicted octanol–water partition coefficient (Wildman–Crippen LogP) is 2.38. The van der Waals surface area contributed by atoms with Gasteiger partial charge in [0.1, 0.15) is 0 Å². The number of hydrogen-bond acceptors (Lipinski definition) is 3.